The van der Waals surface area contributed by atoms with Crippen molar-refractivity contribution in [2.24, 2.45) is 5.92 Å². The van der Waals surface area contributed by atoms with Crippen LogP contribution >= 0.6 is 0 Å². The van der Waals surface area contributed by atoms with E-state index in [0.717, 1.165) is 24.4 Å². The van der Waals surface area contributed by atoms with Crippen molar-refractivity contribution in [3.8, 4) is 17.2 Å². The summed E-state index contributed by atoms with van der Waals surface area (Å²) in [6.45, 7) is 2.08. The van der Waals surface area contributed by atoms with Crippen molar-refractivity contribution in [3.05, 3.63) is 54.1 Å². The van der Waals surface area contributed by atoms with Crippen LogP contribution in [-0.2, 0) is 11.3 Å². The van der Waals surface area contributed by atoms with Crippen LogP contribution in [0.25, 0.3) is 0 Å². The number of nitrogens with one attached hydrogen (secondary N) is 2. The molecule has 120 valence electrons. The van der Waals surface area contributed by atoms with Gasteiger partial charge < -0.3 is 20.1 Å². The first-order valence-corrected chi connectivity index (χ1v) is 7.64. The SMILES string of the molecule is COc1ccccc1Oc1ccc(CNC(=O)C2CNC2)cc1. The van der Waals surface area contributed by atoms with E-state index in [9.17, 15) is 4.79 Å². The van der Waals surface area contributed by atoms with Crippen molar-refractivity contribution in [3.63, 3.8) is 0 Å². The minimum absolute atomic E-state index is 0.109. The minimum atomic E-state index is 0.109. The Bertz CT molecular complexity index is 666. The lowest BCUT2D eigenvalue weighted by Crippen LogP contribution is -2.50. The number of hydrogen-bond donors (Lipinski definition) is 2. The summed E-state index contributed by atoms with van der Waals surface area (Å²) >= 11 is 0. The van der Waals surface area contributed by atoms with Gasteiger partial charge in [-0.25, -0.2) is 0 Å². The monoisotopic (exact) mass is 312 g/mol. The molecule has 0 atom stereocenters. The topological polar surface area (TPSA) is 59.6 Å². The van der Waals surface area contributed by atoms with Gasteiger partial charge in [-0.2, -0.15) is 0 Å². The highest BCUT2D eigenvalue weighted by molar-refractivity contribution is 5.79. The zero-order valence-electron chi connectivity index (χ0n) is 13.0. The summed E-state index contributed by atoms with van der Waals surface area (Å²) in [6, 6.07) is 15.2. The van der Waals surface area contributed by atoms with E-state index in [0.29, 0.717) is 18.0 Å². The third-order valence-electron chi connectivity index (χ3n) is 3.84. The predicted octanol–water partition coefficient (Wildman–Crippen LogP) is 2.32. The lowest BCUT2D eigenvalue weighted by atomic mass is 10.0. The van der Waals surface area contributed by atoms with Crippen molar-refractivity contribution in [1.29, 1.82) is 0 Å². The second kappa shape index (κ2) is 7.15. The smallest absolute Gasteiger partial charge is 0.225 e. The Morgan fingerprint density at radius 2 is 1.83 bits per heavy atom. The van der Waals surface area contributed by atoms with Gasteiger partial charge in [-0.05, 0) is 29.8 Å². The Balaban J connectivity index is 1.57. The third kappa shape index (κ3) is 3.81. The zero-order chi connectivity index (χ0) is 16.1. The average Bonchev–Trinajstić information content (AvgIpc) is 2.53. The number of carbonyl (C=O) groups is 1. The Hall–Kier alpha value is -2.53. The molecule has 1 amide bonds. The molecule has 2 aromatic rings. The van der Waals surface area contributed by atoms with Gasteiger partial charge in [0.15, 0.2) is 11.5 Å². The van der Waals surface area contributed by atoms with Crippen molar-refractivity contribution in [2.75, 3.05) is 20.2 Å². The average molecular weight is 312 g/mol. The summed E-state index contributed by atoms with van der Waals surface area (Å²) < 4.78 is 11.1. The highest BCUT2D eigenvalue weighted by Gasteiger charge is 2.24. The summed E-state index contributed by atoms with van der Waals surface area (Å²) in [6.07, 6.45) is 0. The number of hydrogen-bond acceptors (Lipinski definition) is 4. The molecule has 23 heavy (non-hydrogen) atoms. The van der Waals surface area contributed by atoms with Crippen molar-refractivity contribution < 1.29 is 14.3 Å². The lowest BCUT2D eigenvalue weighted by Gasteiger charge is -2.25. The molecule has 1 saturated heterocycles. The number of ether oxygens (including phenoxy) is 2. The molecule has 0 bridgehead atoms. The van der Waals surface area contributed by atoms with Crippen LogP contribution < -0.4 is 20.1 Å². The summed E-state index contributed by atoms with van der Waals surface area (Å²) in [5.74, 6) is 2.32. The first-order chi connectivity index (χ1) is 11.3. The number of methoxy groups -OCH3 is 1. The van der Waals surface area contributed by atoms with Gasteiger partial charge >= 0.3 is 0 Å². The predicted molar refractivity (Wildman–Crippen MR) is 87.7 cm³/mol. The highest BCUT2D eigenvalue weighted by atomic mass is 16.5. The molecule has 0 aromatic heterocycles. The summed E-state index contributed by atoms with van der Waals surface area (Å²) in [5, 5.41) is 6.04. The molecule has 1 aliphatic rings. The maximum Gasteiger partial charge on any atom is 0.225 e. The molecule has 0 aliphatic carbocycles. The van der Waals surface area contributed by atoms with E-state index >= 15 is 0 Å². The maximum absolute atomic E-state index is 11.8. The number of benzene rings is 2. The molecule has 2 aromatic carbocycles. The normalized spacial score (nSPS) is 14.0. The van der Waals surface area contributed by atoms with Gasteiger partial charge in [0.05, 0.1) is 13.0 Å². The van der Waals surface area contributed by atoms with Gasteiger partial charge in [0.2, 0.25) is 5.91 Å². The number of amides is 1. The molecule has 5 nitrogen and oxygen atoms in total. The molecule has 1 fully saturated rings. The van der Waals surface area contributed by atoms with Crippen molar-refractivity contribution >= 4 is 5.91 Å². The number of rotatable bonds is 6. The second-order valence-corrected chi connectivity index (χ2v) is 5.47. The second-order valence-electron chi connectivity index (χ2n) is 5.47. The minimum Gasteiger partial charge on any atom is -0.493 e. The molecular weight excluding hydrogens is 292 g/mol. The Labute approximate surface area is 135 Å². The Kier molecular flexibility index (Phi) is 4.78. The van der Waals surface area contributed by atoms with Gasteiger partial charge in [-0.3, -0.25) is 4.79 Å². The van der Waals surface area contributed by atoms with Crippen molar-refractivity contribution in [2.45, 2.75) is 6.54 Å². The van der Waals surface area contributed by atoms with Gasteiger partial charge in [0.1, 0.15) is 5.75 Å². The molecule has 2 N–H and O–H groups in total. The molecule has 3 rings (SSSR count). The molecule has 5 heteroatoms. The largest absolute Gasteiger partial charge is 0.493 e. The molecule has 0 radical (unpaired) electrons. The molecular formula is C18H20N2O3. The van der Waals surface area contributed by atoms with E-state index in [1.807, 2.05) is 48.5 Å². The molecule has 1 aliphatic heterocycles. The van der Waals surface area contributed by atoms with Crippen LogP contribution in [0.5, 0.6) is 17.2 Å². The molecule has 0 unspecified atom stereocenters. The van der Waals surface area contributed by atoms with E-state index in [4.69, 9.17) is 9.47 Å². The van der Waals surface area contributed by atoms with E-state index in [-0.39, 0.29) is 11.8 Å². The first-order valence-electron chi connectivity index (χ1n) is 7.64. The van der Waals surface area contributed by atoms with Crippen LogP contribution in [0, 0.1) is 5.92 Å². The molecule has 1 heterocycles. The lowest BCUT2D eigenvalue weighted by molar-refractivity contribution is -0.126. The van der Waals surface area contributed by atoms with Gasteiger partial charge in [-0.1, -0.05) is 24.3 Å². The van der Waals surface area contributed by atoms with E-state index in [1.165, 1.54) is 0 Å². The van der Waals surface area contributed by atoms with Crippen LogP contribution in [0.1, 0.15) is 5.56 Å². The van der Waals surface area contributed by atoms with Crippen LogP contribution in [-0.4, -0.2) is 26.1 Å². The van der Waals surface area contributed by atoms with Crippen LogP contribution in [0.4, 0.5) is 0 Å². The molecule has 0 saturated carbocycles. The van der Waals surface area contributed by atoms with E-state index < -0.39 is 0 Å². The van der Waals surface area contributed by atoms with Gasteiger partial charge in [-0.15, -0.1) is 0 Å². The van der Waals surface area contributed by atoms with E-state index in [2.05, 4.69) is 10.6 Å². The van der Waals surface area contributed by atoms with Crippen LogP contribution in [0.2, 0.25) is 0 Å². The fourth-order valence-corrected chi connectivity index (χ4v) is 2.31. The van der Waals surface area contributed by atoms with Gasteiger partial charge in [0, 0.05) is 19.6 Å². The standard InChI is InChI=1S/C18H20N2O3/c1-22-16-4-2-3-5-17(16)23-15-8-6-13(7-9-15)10-20-18(21)14-11-19-12-14/h2-9,14,19H,10-12H2,1H3,(H,20,21). The Morgan fingerprint density at radius 1 is 1.13 bits per heavy atom. The molecule has 0 spiro atoms. The highest BCUT2D eigenvalue weighted by Crippen LogP contribution is 2.30. The van der Waals surface area contributed by atoms with Gasteiger partial charge in [0.25, 0.3) is 0 Å². The van der Waals surface area contributed by atoms with Crippen LogP contribution in [0.15, 0.2) is 48.5 Å². The van der Waals surface area contributed by atoms with E-state index in [1.54, 1.807) is 7.11 Å². The summed E-state index contributed by atoms with van der Waals surface area (Å²) in [4.78, 5) is 11.8. The third-order valence-corrected chi connectivity index (χ3v) is 3.84. The quantitative estimate of drug-likeness (QED) is 0.859. The fourth-order valence-electron chi connectivity index (χ4n) is 2.31. The van der Waals surface area contributed by atoms with Crippen LogP contribution in [0.3, 0.4) is 0 Å². The number of para-hydroxylation sites is 2. The maximum atomic E-state index is 11.8. The first kappa shape index (κ1) is 15.4. The summed E-state index contributed by atoms with van der Waals surface area (Å²) in [5.41, 5.74) is 1.04. The summed E-state index contributed by atoms with van der Waals surface area (Å²) in [7, 11) is 1.62. The van der Waals surface area contributed by atoms with Crippen molar-refractivity contribution in [1.82, 2.24) is 10.6 Å². The Morgan fingerprint density at radius 3 is 2.43 bits per heavy atom. The fraction of sp³-hybridized carbons (Fsp3) is 0.278. The number of carbonyl (C=O) groups excluding carboxylic acids is 1. The zero-order valence-corrected chi connectivity index (χ0v) is 13.0.